The van der Waals surface area contributed by atoms with Crippen molar-refractivity contribution in [2.75, 3.05) is 32.7 Å². The van der Waals surface area contributed by atoms with Crippen LogP contribution in [0.25, 0.3) is 0 Å². The molecule has 1 aliphatic rings. The number of nitrogens with zero attached hydrogens (tertiary/aromatic N) is 3. The molecule has 0 aliphatic carbocycles. The van der Waals surface area contributed by atoms with Gasteiger partial charge in [-0.05, 0) is 47.9 Å². The minimum atomic E-state index is -0.116. The van der Waals surface area contributed by atoms with Crippen molar-refractivity contribution in [2.45, 2.75) is 19.9 Å². The Kier molecular flexibility index (Phi) is 7.63. The average molecular weight is 415 g/mol. The summed E-state index contributed by atoms with van der Waals surface area (Å²) in [5.74, 6) is 0.0937. The minimum Gasteiger partial charge on any atom is -0.508 e. The first kappa shape index (κ1) is 21.3. The van der Waals surface area contributed by atoms with Crippen LogP contribution in [0.1, 0.15) is 24.5 Å². The van der Waals surface area contributed by atoms with Gasteiger partial charge < -0.3 is 5.11 Å². The van der Waals surface area contributed by atoms with Crippen LogP contribution >= 0.6 is 11.6 Å². The van der Waals surface area contributed by atoms with Gasteiger partial charge in [0.05, 0.1) is 12.3 Å². The third-order valence-corrected chi connectivity index (χ3v) is 5.40. The first-order chi connectivity index (χ1) is 14.0. The number of carbonyl (C=O) groups is 1. The van der Waals surface area contributed by atoms with E-state index in [1.807, 2.05) is 25.1 Å². The smallest absolute Gasteiger partial charge is 0.254 e. The predicted octanol–water partition coefficient (Wildman–Crippen LogP) is 3.09. The fourth-order valence-electron chi connectivity index (χ4n) is 3.34. The Balaban J connectivity index is 1.45. The van der Waals surface area contributed by atoms with E-state index in [0.717, 1.165) is 54.6 Å². The molecular formula is C22H27ClN4O2. The lowest BCUT2D eigenvalue weighted by molar-refractivity contribution is -0.122. The van der Waals surface area contributed by atoms with Crippen molar-refractivity contribution in [3.63, 3.8) is 0 Å². The molecule has 3 rings (SSSR count). The number of piperazine rings is 1. The zero-order valence-corrected chi connectivity index (χ0v) is 17.4. The largest absolute Gasteiger partial charge is 0.508 e. The van der Waals surface area contributed by atoms with Crippen molar-refractivity contribution in [1.29, 1.82) is 0 Å². The Hall–Kier alpha value is -2.41. The molecule has 29 heavy (non-hydrogen) atoms. The maximum Gasteiger partial charge on any atom is 0.254 e. The van der Waals surface area contributed by atoms with Crippen LogP contribution in [0.3, 0.4) is 0 Å². The van der Waals surface area contributed by atoms with Crippen molar-refractivity contribution in [3.8, 4) is 5.75 Å². The van der Waals surface area contributed by atoms with Crippen LogP contribution in [-0.2, 0) is 11.3 Å². The first-order valence-corrected chi connectivity index (χ1v) is 10.3. The lowest BCUT2D eigenvalue weighted by atomic mass is 10.1. The van der Waals surface area contributed by atoms with E-state index < -0.39 is 0 Å². The van der Waals surface area contributed by atoms with Gasteiger partial charge in [-0.15, -0.1) is 0 Å². The number of hydrogen-bond acceptors (Lipinski definition) is 5. The number of benzene rings is 2. The molecule has 1 aliphatic heterocycles. The van der Waals surface area contributed by atoms with Crippen LogP contribution in [0.2, 0.25) is 5.02 Å². The van der Waals surface area contributed by atoms with Gasteiger partial charge >= 0.3 is 0 Å². The van der Waals surface area contributed by atoms with E-state index >= 15 is 0 Å². The van der Waals surface area contributed by atoms with E-state index in [0.29, 0.717) is 13.0 Å². The molecule has 2 aromatic carbocycles. The molecule has 0 aromatic heterocycles. The van der Waals surface area contributed by atoms with Crippen molar-refractivity contribution >= 4 is 23.2 Å². The highest BCUT2D eigenvalue weighted by atomic mass is 35.5. The summed E-state index contributed by atoms with van der Waals surface area (Å²) in [6.07, 6.45) is 0.686. The Morgan fingerprint density at radius 2 is 1.72 bits per heavy atom. The molecule has 0 saturated carbocycles. The topological polar surface area (TPSA) is 68.2 Å². The quantitative estimate of drug-likeness (QED) is 0.539. The van der Waals surface area contributed by atoms with Gasteiger partial charge in [0.15, 0.2) is 0 Å². The Bertz CT molecular complexity index is 846. The SMILES string of the molecule is CC/C(=N\NC(=O)CN1CCN(Cc2ccccc2Cl)CC1)c1ccc(O)cc1. The van der Waals surface area contributed by atoms with Gasteiger partial charge in [-0.1, -0.05) is 36.7 Å². The van der Waals surface area contributed by atoms with Crippen LogP contribution in [0, 0.1) is 0 Å². The molecule has 7 heteroatoms. The van der Waals surface area contributed by atoms with Gasteiger partial charge in [0.1, 0.15) is 5.75 Å². The van der Waals surface area contributed by atoms with Crippen molar-refractivity contribution in [3.05, 3.63) is 64.7 Å². The van der Waals surface area contributed by atoms with E-state index in [-0.39, 0.29) is 11.7 Å². The molecule has 1 heterocycles. The second-order valence-electron chi connectivity index (χ2n) is 7.14. The Morgan fingerprint density at radius 1 is 1.07 bits per heavy atom. The van der Waals surface area contributed by atoms with E-state index in [4.69, 9.17) is 11.6 Å². The molecule has 0 atom stereocenters. The molecule has 154 valence electrons. The summed E-state index contributed by atoms with van der Waals surface area (Å²) in [4.78, 5) is 16.8. The highest BCUT2D eigenvalue weighted by molar-refractivity contribution is 6.31. The van der Waals surface area contributed by atoms with Crippen molar-refractivity contribution in [2.24, 2.45) is 5.10 Å². The van der Waals surface area contributed by atoms with Gasteiger partial charge in [0.25, 0.3) is 5.91 Å². The Labute approximate surface area is 176 Å². The number of aromatic hydroxyl groups is 1. The summed E-state index contributed by atoms with van der Waals surface area (Å²) >= 11 is 6.25. The number of nitrogens with one attached hydrogen (secondary N) is 1. The second-order valence-corrected chi connectivity index (χ2v) is 7.54. The van der Waals surface area contributed by atoms with Crippen molar-refractivity contribution < 1.29 is 9.90 Å². The van der Waals surface area contributed by atoms with Gasteiger partial charge in [-0.25, -0.2) is 5.43 Å². The molecule has 1 amide bonds. The lowest BCUT2D eigenvalue weighted by Crippen LogP contribution is -2.48. The third-order valence-electron chi connectivity index (χ3n) is 5.03. The Morgan fingerprint density at radius 3 is 2.38 bits per heavy atom. The number of hydrazone groups is 1. The zero-order chi connectivity index (χ0) is 20.6. The summed E-state index contributed by atoms with van der Waals surface area (Å²) in [6, 6.07) is 14.7. The number of halogens is 1. The number of amides is 1. The van der Waals surface area contributed by atoms with Crippen LogP contribution in [0.4, 0.5) is 0 Å². The maximum atomic E-state index is 12.3. The third kappa shape index (κ3) is 6.29. The molecule has 0 bridgehead atoms. The minimum absolute atomic E-state index is 0.116. The first-order valence-electron chi connectivity index (χ1n) is 9.88. The summed E-state index contributed by atoms with van der Waals surface area (Å²) in [6.45, 7) is 6.61. The van der Waals surface area contributed by atoms with Crippen LogP contribution < -0.4 is 5.43 Å². The predicted molar refractivity (Wildman–Crippen MR) is 116 cm³/mol. The van der Waals surface area contributed by atoms with Crippen LogP contribution in [-0.4, -0.2) is 59.2 Å². The number of phenols is 1. The number of phenolic OH excluding ortho intramolecular Hbond substituents is 1. The van der Waals surface area contributed by atoms with Gasteiger partial charge in [-0.2, -0.15) is 5.10 Å². The standard InChI is InChI=1S/C22H27ClN4O2/c1-2-21(17-7-9-19(28)10-8-17)24-25-22(29)16-27-13-11-26(12-14-27)15-18-5-3-4-6-20(18)23/h3-10,28H,2,11-16H2,1H3,(H,25,29)/b24-21+. The number of rotatable bonds is 7. The molecule has 0 radical (unpaired) electrons. The number of carbonyl (C=O) groups excluding carboxylic acids is 1. The molecule has 2 N–H and O–H groups in total. The van der Waals surface area contributed by atoms with E-state index in [9.17, 15) is 9.90 Å². The van der Waals surface area contributed by atoms with E-state index in [1.54, 1.807) is 24.3 Å². The van der Waals surface area contributed by atoms with Gasteiger partial charge in [-0.3, -0.25) is 14.6 Å². The van der Waals surface area contributed by atoms with Gasteiger partial charge in [0, 0.05) is 37.7 Å². The summed E-state index contributed by atoms with van der Waals surface area (Å²) in [5, 5.41) is 14.5. The molecular weight excluding hydrogens is 388 g/mol. The summed E-state index contributed by atoms with van der Waals surface area (Å²) in [7, 11) is 0. The molecule has 1 fully saturated rings. The lowest BCUT2D eigenvalue weighted by Gasteiger charge is -2.34. The monoisotopic (exact) mass is 414 g/mol. The number of hydrogen-bond donors (Lipinski definition) is 2. The van der Waals surface area contributed by atoms with E-state index in [2.05, 4.69) is 26.4 Å². The molecule has 0 unspecified atom stereocenters. The maximum absolute atomic E-state index is 12.3. The normalized spacial score (nSPS) is 16.0. The fourth-order valence-corrected chi connectivity index (χ4v) is 3.54. The average Bonchev–Trinajstić information content (AvgIpc) is 2.73. The summed E-state index contributed by atoms with van der Waals surface area (Å²) in [5.41, 5.74) is 5.47. The molecule has 0 spiro atoms. The highest BCUT2D eigenvalue weighted by Gasteiger charge is 2.19. The molecule has 6 nitrogen and oxygen atoms in total. The van der Waals surface area contributed by atoms with Crippen LogP contribution in [0.15, 0.2) is 53.6 Å². The van der Waals surface area contributed by atoms with E-state index in [1.165, 1.54) is 0 Å². The second kappa shape index (κ2) is 10.4. The van der Waals surface area contributed by atoms with Crippen molar-refractivity contribution in [1.82, 2.24) is 15.2 Å². The van der Waals surface area contributed by atoms with Gasteiger partial charge in [0.2, 0.25) is 0 Å². The van der Waals surface area contributed by atoms with Crippen LogP contribution in [0.5, 0.6) is 5.75 Å². The fraction of sp³-hybridized carbons (Fsp3) is 0.364. The highest BCUT2D eigenvalue weighted by Crippen LogP contribution is 2.18. The zero-order valence-electron chi connectivity index (χ0n) is 16.6. The molecule has 2 aromatic rings. The molecule has 1 saturated heterocycles. The summed E-state index contributed by atoms with van der Waals surface area (Å²) < 4.78 is 0.